The third-order valence-electron chi connectivity index (χ3n) is 4.32. The number of nitrogens with zero attached hydrogens (tertiary/aromatic N) is 1. The molecule has 1 heterocycles. The summed E-state index contributed by atoms with van der Waals surface area (Å²) in [6, 6.07) is 6.97. The second kappa shape index (κ2) is 7.58. The van der Waals surface area contributed by atoms with E-state index in [4.69, 9.17) is 0 Å². The molecule has 1 N–H and O–H groups in total. The number of aryl methyl sites for hydroxylation is 2. The quantitative estimate of drug-likeness (QED) is 0.830. The number of thiophene rings is 1. The van der Waals surface area contributed by atoms with Crippen LogP contribution in [0.15, 0.2) is 34.5 Å². The number of nitrogens with one attached hydrogen (secondary N) is 1. The number of carbonyl (C=O) groups excluding carboxylic acids is 1. The predicted molar refractivity (Wildman–Crippen MR) is 103 cm³/mol. The molecule has 0 bridgehead atoms. The highest BCUT2D eigenvalue weighted by atomic mass is 32.2. The average Bonchev–Trinajstić information content (AvgIpc) is 3.07. The van der Waals surface area contributed by atoms with Crippen molar-refractivity contribution in [1.82, 2.24) is 5.32 Å². The van der Waals surface area contributed by atoms with E-state index in [2.05, 4.69) is 5.32 Å². The molecule has 1 amide bonds. The van der Waals surface area contributed by atoms with Crippen molar-refractivity contribution in [2.75, 3.05) is 11.4 Å². The molecular formula is C18H24N2O3S2. The highest BCUT2D eigenvalue weighted by molar-refractivity contribution is 7.93. The van der Waals surface area contributed by atoms with Crippen LogP contribution < -0.4 is 9.62 Å². The first-order valence-electron chi connectivity index (χ1n) is 8.13. The van der Waals surface area contributed by atoms with E-state index in [9.17, 15) is 13.2 Å². The molecule has 2 rings (SSSR count). The van der Waals surface area contributed by atoms with Crippen LogP contribution in [0.2, 0.25) is 0 Å². The lowest BCUT2D eigenvalue weighted by molar-refractivity contribution is 0.0940. The fraction of sp³-hybridized carbons (Fsp3) is 0.389. The Balaban J connectivity index is 2.38. The molecule has 0 unspecified atom stereocenters. The predicted octanol–water partition coefficient (Wildman–Crippen LogP) is 3.72. The maximum Gasteiger partial charge on any atom is 0.265 e. The Kier molecular flexibility index (Phi) is 5.90. The summed E-state index contributed by atoms with van der Waals surface area (Å²) in [4.78, 5) is 12.7. The zero-order chi connectivity index (χ0) is 18.8. The van der Waals surface area contributed by atoms with Gasteiger partial charge >= 0.3 is 0 Å². The minimum Gasteiger partial charge on any atom is -0.349 e. The van der Waals surface area contributed by atoms with Gasteiger partial charge in [0.05, 0.1) is 5.69 Å². The minimum absolute atomic E-state index is 0.0115. The number of carbonyl (C=O) groups is 1. The molecule has 1 atom stereocenters. The summed E-state index contributed by atoms with van der Waals surface area (Å²) in [5.74, 6) is -0.351. The first-order chi connectivity index (χ1) is 11.7. The van der Waals surface area contributed by atoms with E-state index in [0.29, 0.717) is 5.69 Å². The molecule has 7 heteroatoms. The monoisotopic (exact) mass is 380 g/mol. The van der Waals surface area contributed by atoms with Crippen molar-refractivity contribution in [1.29, 1.82) is 0 Å². The van der Waals surface area contributed by atoms with Gasteiger partial charge in [0.15, 0.2) is 0 Å². The highest BCUT2D eigenvalue weighted by Crippen LogP contribution is 2.29. The van der Waals surface area contributed by atoms with Crippen LogP contribution in [0.3, 0.4) is 0 Å². The van der Waals surface area contributed by atoms with E-state index < -0.39 is 10.0 Å². The molecule has 0 aliphatic rings. The number of anilines is 1. The fourth-order valence-corrected chi connectivity index (χ4v) is 4.76. The maximum atomic E-state index is 13.0. The van der Waals surface area contributed by atoms with E-state index in [1.54, 1.807) is 11.4 Å². The molecule has 0 aliphatic heterocycles. The Morgan fingerprint density at radius 3 is 2.52 bits per heavy atom. The summed E-state index contributed by atoms with van der Waals surface area (Å²) in [6.07, 6.45) is 0.780. The standard InChI is InChI=1S/C18H24N2O3S2/c1-6-14(4)19-18(21)17-16(9-10-24-17)25(22,23)20(5)15-8-7-12(2)13(3)11-15/h7-11,14H,6H2,1-5H3,(H,19,21)/t14-/m1/s1. The molecule has 0 spiro atoms. The zero-order valence-electron chi connectivity index (χ0n) is 15.2. The molecule has 1 aromatic heterocycles. The van der Waals surface area contributed by atoms with Crippen molar-refractivity contribution < 1.29 is 13.2 Å². The molecule has 0 radical (unpaired) electrons. The Bertz CT molecular complexity index is 872. The normalized spacial score (nSPS) is 12.7. The smallest absolute Gasteiger partial charge is 0.265 e. The van der Waals surface area contributed by atoms with Gasteiger partial charge < -0.3 is 5.32 Å². The van der Waals surface area contributed by atoms with E-state index >= 15 is 0 Å². The Morgan fingerprint density at radius 2 is 1.92 bits per heavy atom. The second-order valence-corrected chi connectivity index (χ2v) is 8.99. The number of hydrogen-bond donors (Lipinski definition) is 1. The topological polar surface area (TPSA) is 66.5 Å². The van der Waals surface area contributed by atoms with Crippen molar-refractivity contribution in [3.05, 3.63) is 45.6 Å². The Labute approximate surface area is 153 Å². The van der Waals surface area contributed by atoms with Crippen LogP contribution in [0.4, 0.5) is 5.69 Å². The SMILES string of the molecule is CC[C@@H](C)NC(=O)c1sccc1S(=O)(=O)N(C)c1ccc(C)c(C)c1. The van der Waals surface area contributed by atoms with Gasteiger partial charge in [0.2, 0.25) is 0 Å². The first kappa shape index (κ1) is 19.5. The third kappa shape index (κ3) is 4.04. The molecule has 2 aromatic rings. The van der Waals surface area contributed by atoms with E-state index in [1.807, 2.05) is 39.8 Å². The van der Waals surface area contributed by atoms with Gasteiger partial charge in [0.1, 0.15) is 9.77 Å². The lowest BCUT2D eigenvalue weighted by atomic mass is 10.1. The summed E-state index contributed by atoms with van der Waals surface area (Å²) in [6.45, 7) is 7.77. The third-order valence-corrected chi connectivity index (χ3v) is 7.19. The second-order valence-electron chi connectivity index (χ2n) is 6.14. The van der Waals surface area contributed by atoms with Crippen LogP contribution in [0.25, 0.3) is 0 Å². The number of amides is 1. The van der Waals surface area contributed by atoms with E-state index in [-0.39, 0.29) is 21.7 Å². The molecular weight excluding hydrogens is 356 g/mol. The minimum atomic E-state index is -3.81. The van der Waals surface area contributed by atoms with E-state index in [1.165, 1.54) is 17.4 Å². The van der Waals surface area contributed by atoms with E-state index in [0.717, 1.165) is 28.9 Å². The Hall–Kier alpha value is -1.86. The van der Waals surface area contributed by atoms with Crippen molar-refractivity contribution in [3.63, 3.8) is 0 Å². The summed E-state index contributed by atoms with van der Waals surface area (Å²) < 4.78 is 27.3. The molecule has 0 fully saturated rings. The number of hydrogen-bond acceptors (Lipinski definition) is 4. The van der Waals surface area contributed by atoms with Gasteiger partial charge in [-0.25, -0.2) is 8.42 Å². The summed E-state index contributed by atoms with van der Waals surface area (Å²) in [5, 5.41) is 4.46. The van der Waals surface area contributed by atoms with Crippen LogP contribution in [-0.2, 0) is 10.0 Å². The van der Waals surface area contributed by atoms with Gasteiger partial charge in [-0.1, -0.05) is 13.0 Å². The van der Waals surface area contributed by atoms with Gasteiger partial charge in [-0.2, -0.15) is 0 Å². The highest BCUT2D eigenvalue weighted by Gasteiger charge is 2.28. The molecule has 25 heavy (non-hydrogen) atoms. The molecule has 136 valence electrons. The number of rotatable bonds is 6. The summed E-state index contributed by atoms with van der Waals surface area (Å²) in [7, 11) is -2.31. The lowest BCUT2D eigenvalue weighted by Crippen LogP contribution is -2.33. The Morgan fingerprint density at radius 1 is 1.24 bits per heavy atom. The lowest BCUT2D eigenvalue weighted by Gasteiger charge is -2.21. The molecule has 0 aliphatic carbocycles. The molecule has 1 aromatic carbocycles. The van der Waals surface area contributed by atoms with Crippen LogP contribution in [0.5, 0.6) is 0 Å². The average molecular weight is 381 g/mol. The largest absolute Gasteiger partial charge is 0.349 e. The van der Waals surface area contributed by atoms with Crippen molar-refractivity contribution in [2.45, 2.75) is 45.1 Å². The maximum absolute atomic E-state index is 13.0. The van der Waals surface area contributed by atoms with Gasteiger partial charge in [0, 0.05) is 13.1 Å². The van der Waals surface area contributed by atoms with Crippen LogP contribution in [0, 0.1) is 13.8 Å². The van der Waals surface area contributed by atoms with Crippen molar-refractivity contribution >= 4 is 33.0 Å². The van der Waals surface area contributed by atoms with Crippen molar-refractivity contribution in [2.24, 2.45) is 0 Å². The first-order valence-corrected chi connectivity index (χ1v) is 10.4. The van der Waals surface area contributed by atoms with Crippen LogP contribution in [-0.4, -0.2) is 27.4 Å². The van der Waals surface area contributed by atoms with Crippen LogP contribution >= 0.6 is 11.3 Å². The number of benzene rings is 1. The van der Waals surface area contributed by atoms with Crippen LogP contribution in [0.1, 0.15) is 41.1 Å². The van der Waals surface area contributed by atoms with Gasteiger partial charge in [-0.15, -0.1) is 11.3 Å². The fourth-order valence-electron chi connectivity index (χ4n) is 2.27. The van der Waals surface area contributed by atoms with Gasteiger partial charge in [0.25, 0.3) is 15.9 Å². The number of sulfonamides is 1. The molecule has 0 saturated heterocycles. The van der Waals surface area contributed by atoms with Gasteiger partial charge in [-0.3, -0.25) is 9.10 Å². The molecule has 5 nitrogen and oxygen atoms in total. The summed E-state index contributed by atoms with van der Waals surface area (Å²) in [5.41, 5.74) is 2.68. The molecule has 0 saturated carbocycles. The summed E-state index contributed by atoms with van der Waals surface area (Å²) >= 11 is 1.14. The zero-order valence-corrected chi connectivity index (χ0v) is 16.8. The van der Waals surface area contributed by atoms with Crippen molar-refractivity contribution in [3.8, 4) is 0 Å². The van der Waals surface area contributed by atoms with Gasteiger partial charge in [-0.05, 0) is 61.9 Å².